The van der Waals surface area contributed by atoms with E-state index in [1.165, 1.54) is 18.2 Å². The maximum atomic E-state index is 14.4. The number of hydrogen-bond donors (Lipinski definition) is 2. The normalized spacial score (nSPS) is 17.9. The van der Waals surface area contributed by atoms with Crippen molar-refractivity contribution < 1.29 is 18.4 Å². The third-order valence-electron chi connectivity index (χ3n) is 5.46. The Kier molecular flexibility index (Phi) is 6.94. The van der Waals surface area contributed by atoms with E-state index in [1.807, 2.05) is 0 Å². The van der Waals surface area contributed by atoms with Crippen molar-refractivity contribution in [3.8, 4) is 6.07 Å². The third-order valence-corrected chi connectivity index (χ3v) is 7.14. The minimum Gasteiger partial charge on any atom is -0.326 e. The molecular formula is C24H13Cl4F2N3O2. The van der Waals surface area contributed by atoms with Gasteiger partial charge < -0.3 is 10.6 Å². The van der Waals surface area contributed by atoms with Crippen LogP contribution in [0, 0.1) is 28.9 Å². The Labute approximate surface area is 218 Å². The van der Waals surface area contributed by atoms with E-state index in [0.717, 1.165) is 18.2 Å². The van der Waals surface area contributed by atoms with Gasteiger partial charge >= 0.3 is 0 Å². The summed E-state index contributed by atoms with van der Waals surface area (Å²) in [7, 11) is 0. The van der Waals surface area contributed by atoms with E-state index < -0.39 is 45.2 Å². The quantitative estimate of drug-likeness (QED) is 0.336. The summed E-state index contributed by atoms with van der Waals surface area (Å²) in [6.07, 6.45) is 0. The van der Waals surface area contributed by atoms with Crippen molar-refractivity contribution in [2.45, 2.75) is 10.3 Å². The highest BCUT2D eigenvalue weighted by Crippen LogP contribution is 2.65. The predicted molar refractivity (Wildman–Crippen MR) is 131 cm³/mol. The average Bonchev–Trinajstić information content (AvgIpc) is 3.40. The number of nitrogens with zero attached hydrogens (tertiary/aromatic N) is 1. The minimum atomic E-state index is -1.41. The summed E-state index contributed by atoms with van der Waals surface area (Å²) < 4.78 is 27.0. The van der Waals surface area contributed by atoms with E-state index in [-0.39, 0.29) is 22.0 Å². The van der Waals surface area contributed by atoms with Crippen molar-refractivity contribution >= 4 is 69.6 Å². The van der Waals surface area contributed by atoms with Crippen LogP contribution in [0.4, 0.5) is 20.2 Å². The standard InChI is InChI=1S/C24H13Cl4F2N3O2/c25-15-4-2-12(8-16(15)26)20-21(24(20,27)28)23(35)32-13-3-5-17(29)14(9-13)22(34)33-19-6-1-11(10-31)7-18(19)30/h1-9,20-21H,(H,32,35)(H,33,34)/t20-,21+/m0/s1. The van der Waals surface area contributed by atoms with Crippen LogP contribution in [0.25, 0.3) is 0 Å². The Morgan fingerprint density at radius 2 is 1.66 bits per heavy atom. The highest BCUT2D eigenvalue weighted by Gasteiger charge is 2.67. The Hall–Kier alpha value is -2.89. The van der Waals surface area contributed by atoms with Crippen molar-refractivity contribution in [3.05, 3.63) is 93.0 Å². The molecule has 0 saturated heterocycles. The highest BCUT2D eigenvalue weighted by molar-refractivity contribution is 6.53. The first-order chi connectivity index (χ1) is 16.5. The van der Waals surface area contributed by atoms with E-state index in [9.17, 15) is 18.4 Å². The van der Waals surface area contributed by atoms with Crippen LogP contribution in [0.5, 0.6) is 0 Å². The van der Waals surface area contributed by atoms with Crippen LogP contribution in [0.1, 0.15) is 27.4 Å². The predicted octanol–water partition coefficient (Wildman–Crippen LogP) is 6.92. The van der Waals surface area contributed by atoms with Crippen molar-refractivity contribution in [2.24, 2.45) is 5.92 Å². The maximum absolute atomic E-state index is 14.4. The number of nitrogens with one attached hydrogen (secondary N) is 2. The molecule has 11 heteroatoms. The molecule has 0 bridgehead atoms. The number of hydrogen-bond acceptors (Lipinski definition) is 3. The van der Waals surface area contributed by atoms with Gasteiger partial charge in [-0.1, -0.05) is 29.3 Å². The fourth-order valence-corrected chi connectivity index (χ4v) is 4.78. The molecule has 0 aliphatic heterocycles. The van der Waals surface area contributed by atoms with Gasteiger partial charge in [0.25, 0.3) is 5.91 Å². The molecule has 5 nitrogen and oxygen atoms in total. The maximum Gasteiger partial charge on any atom is 0.258 e. The van der Waals surface area contributed by atoms with Crippen LogP contribution in [0.2, 0.25) is 10.0 Å². The van der Waals surface area contributed by atoms with Crippen molar-refractivity contribution in [2.75, 3.05) is 10.6 Å². The van der Waals surface area contributed by atoms with Gasteiger partial charge in [0.05, 0.1) is 38.8 Å². The first-order valence-electron chi connectivity index (χ1n) is 9.97. The summed E-state index contributed by atoms with van der Waals surface area (Å²) in [4.78, 5) is 25.4. The second-order valence-electron chi connectivity index (χ2n) is 7.75. The van der Waals surface area contributed by atoms with Crippen LogP contribution in [-0.2, 0) is 4.79 Å². The molecule has 1 aliphatic carbocycles. The van der Waals surface area contributed by atoms with Crippen molar-refractivity contribution in [1.29, 1.82) is 5.26 Å². The molecule has 35 heavy (non-hydrogen) atoms. The summed E-state index contributed by atoms with van der Waals surface area (Å²) in [5.74, 6) is -4.67. The van der Waals surface area contributed by atoms with E-state index in [0.29, 0.717) is 10.6 Å². The molecule has 0 radical (unpaired) electrons. The lowest BCUT2D eigenvalue weighted by molar-refractivity contribution is -0.117. The molecule has 178 valence electrons. The molecule has 1 aliphatic rings. The Morgan fingerprint density at radius 3 is 2.31 bits per heavy atom. The first kappa shape index (κ1) is 25.2. The van der Waals surface area contributed by atoms with Gasteiger partial charge in [0.2, 0.25) is 5.91 Å². The molecular weight excluding hydrogens is 542 g/mol. The van der Waals surface area contributed by atoms with Gasteiger partial charge in [-0.2, -0.15) is 5.26 Å². The fourth-order valence-electron chi connectivity index (χ4n) is 3.65. The van der Waals surface area contributed by atoms with Gasteiger partial charge in [-0.15, -0.1) is 23.2 Å². The lowest BCUT2D eigenvalue weighted by Gasteiger charge is -2.10. The topological polar surface area (TPSA) is 82.0 Å². The first-order valence-corrected chi connectivity index (χ1v) is 11.5. The zero-order valence-corrected chi connectivity index (χ0v) is 20.4. The number of amides is 2. The lowest BCUT2D eigenvalue weighted by atomic mass is 10.1. The van der Waals surface area contributed by atoms with Crippen LogP contribution < -0.4 is 10.6 Å². The molecule has 0 spiro atoms. The van der Waals surface area contributed by atoms with Gasteiger partial charge in [-0.25, -0.2) is 8.78 Å². The molecule has 3 aromatic rings. The zero-order chi connectivity index (χ0) is 25.5. The molecule has 2 amide bonds. The van der Waals surface area contributed by atoms with E-state index in [4.69, 9.17) is 51.7 Å². The summed E-state index contributed by atoms with van der Waals surface area (Å²) in [6, 6.07) is 13.3. The van der Waals surface area contributed by atoms with E-state index in [1.54, 1.807) is 24.3 Å². The number of carbonyl (C=O) groups is 2. The Balaban J connectivity index is 1.51. The van der Waals surface area contributed by atoms with Crippen molar-refractivity contribution in [1.82, 2.24) is 0 Å². The number of halogens is 6. The zero-order valence-electron chi connectivity index (χ0n) is 17.4. The molecule has 0 aromatic heterocycles. The molecule has 3 aromatic carbocycles. The summed E-state index contributed by atoms with van der Waals surface area (Å²) in [5.41, 5.74) is 0.106. The lowest BCUT2D eigenvalue weighted by Crippen LogP contribution is -2.19. The number of nitriles is 1. The summed E-state index contributed by atoms with van der Waals surface area (Å²) in [6.45, 7) is 0. The highest BCUT2D eigenvalue weighted by atomic mass is 35.5. The van der Waals surface area contributed by atoms with Crippen LogP contribution in [0.15, 0.2) is 54.6 Å². The van der Waals surface area contributed by atoms with Gasteiger partial charge in [0, 0.05) is 11.6 Å². The number of benzene rings is 3. The third kappa shape index (κ3) is 5.07. The molecule has 0 unspecified atom stereocenters. The van der Waals surface area contributed by atoms with Gasteiger partial charge in [-0.3, -0.25) is 9.59 Å². The number of carbonyl (C=O) groups excluding carboxylic acids is 2. The summed E-state index contributed by atoms with van der Waals surface area (Å²) in [5, 5.41) is 14.3. The monoisotopic (exact) mass is 553 g/mol. The largest absolute Gasteiger partial charge is 0.326 e. The summed E-state index contributed by atoms with van der Waals surface area (Å²) >= 11 is 24.7. The average molecular weight is 555 g/mol. The Bertz CT molecular complexity index is 1410. The molecule has 0 heterocycles. The number of rotatable bonds is 5. The Morgan fingerprint density at radius 1 is 0.914 bits per heavy atom. The molecule has 1 saturated carbocycles. The second kappa shape index (κ2) is 9.63. The second-order valence-corrected chi connectivity index (χ2v) is 10.0. The number of alkyl halides is 2. The van der Waals surface area contributed by atoms with Crippen LogP contribution in [-0.4, -0.2) is 16.1 Å². The van der Waals surface area contributed by atoms with Gasteiger partial charge in [0.1, 0.15) is 16.0 Å². The van der Waals surface area contributed by atoms with Crippen LogP contribution >= 0.6 is 46.4 Å². The molecule has 1 fully saturated rings. The molecule has 2 atom stereocenters. The SMILES string of the molecule is N#Cc1ccc(NC(=O)c2cc(NC(=O)[C@H]3[C@H](c4ccc(Cl)c(Cl)c4)C3(Cl)Cl)ccc2F)c(F)c1. The molecule has 2 N–H and O–H groups in total. The van der Waals surface area contributed by atoms with Crippen LogP contribution in [0.3, 0.4) is 0 Å². The number of anilines is 2. The fraction of sp³-hybridized carbons (Fsp3) is 0.125. The van der Waals surface area contributed by atoms with E-state index >= 15 is 0 Å². The van der Waals surface area contributed by atoms with E-state index in [2.05, 4.69) is 10.6 Å². The van der Waals surface area contributed by atoms with Gasteiger partial charge in [-0.05, 0) is 54.1 Å². The van der Waals surface area contributed by atoms with Gasteiger partial charge in [0.15, 0.2) is 0 Å². The molecule has 4 rings (SSSR count). The minimum absolute atomic E-state index is 0.0605. The van der Waals surface area contributed by atoms with Crippen molar-refractivity contribution in [3.63, 3.8) is 0 Å². The smallest absolute Gasteiger partial charge is 0.258 e.